The molecule has 0 saturated carbocycles. The maximum absolute atomic E-state index is 8.72. The van der Waals surface area contributed by atoms with Crippen molar-refractivity contribution in [2.75, 3.05) is 19.8 Å². The first kappa shape index (κ1) is 16.7. The van der Waals surface area contributed by atoms with E-state index in [4.69, 9.17) is 21.4 Å². The van der Waals surface area contributed by atoms with Gasteiger partial charge in [0.15, 0.2) is 0 Å². The lowest BCUT2D eigenvalue weighted by molar-refractivity contribution is 0.108. The van der Waals surface area contributed by atoms with Crippen LogP contribution in [0.2, 0.25) is 0 Å². The van der Waals surface area contributed by atoms with Crippen molar-refractivity contribution in [3.8, 4) is 11.1 Å². The third-order valence-corrected chi connectivity index (χ3v) is 3.54. The number of pyridine rings is 1. The van der Waals surface area contributed by atoms with Gasteiger partial charge in [-0.25, -0.2) is 0 Å². The molecular formula is C18H20ClNO2. The van der Waals surface area contributed by atoms with Gasteiger partial charge in [-0.2, -0.15) is 0 Å². The molecular weight excluding hydrogens is 298 g/mol. The summed E-state index contributed by atoms with van der Waals surface area (Å²) in [6.45, 7) is 2.91. The molecule has 3 nitrogen and oxygen atoms in total. The SMILES string of the molecule is CC(=Cc1ccc(-c2cccnc2)cc1CCl)COCCO. The van der Waals surface area contributed by atoms with Crippen molar-refractivity contribution in [1.29, 1.82) is 0 Å². The third kappa shape index (κ3) is 4.67. The largest absolute Gasteiger partial charge is 0.394 e. The average molecular weight is 318 g/mol. The first-order chi connectivity index (χ1) is 10.7. The highest BCUT2D eigenvalue weighted by Crippen LogP contribution is 2.24. The number of alkyl halides is 1. The van der Waals surface area contributed by atoms with Gasteiger partial charge in [-0.05, 0) is 46.9 Å². The van der Waals surface area contributed by atoms with Crippen LogP contribution in [-0.2, 0) is 10.6 Å². The van der Waals surface area contributed by atoms with E-state index < -0.39 is 0 Å². The van der Waals surface area contributed by atoms with Crippen LogP contribution in [-0.4, -0.2) is 29.9 Å². The number of rotatable bonds is 7. The van der Waals surface area contributed by atoms with Gasteiger partial charge in [0.2, 0.25) is 0 Å². The van der Waals surface area contributed by atoms with Crippen LogP contribution in [0.1, 0.15) is 18.1 Å². The molecule has 2 rings (SSSR count). The number of halogens is 1. The summed E-state index contributed by atoms with van der Waals surface area (Å²) in [6.07, 6.45) is 5.68. The first-order valence-corrected chi connectivity index (χ1v) is 7.73. The molecule has 1 aromatic heterocycles. The number of aliphatic hydroxyl groups excluding tert-OH is 1. The van der Waals surface area contributed by atoms with E-state index >= 15 is 0 Å². The second-order valence-corrected chi connectivity index (χ2v) is 5.32. The second kappa shape index (κ2) is 8.69. The van der Waals surface area contributed by atoms with Crippen LogP contribution >= 0.6 is 11.6 Å². The van der Waals surface area contributed by atoms with Gasteiger partial charge in [0.05, 0.1) is 19.8 Å². The predicted octanol–water partition coefficient (Wildman–Crippen LogP) is 3.90. The number of ether oxygens (including phenoxy) is 1. The van der Waals surface area contributed by atoms with Gasteiger partial charge in [-0.15, -0.1) is 11.6 Å². The van der Waals surface area contributed by atoms with E-state index in [1.165, 1.54) is 0 Å². The quantitative estimate of drug-likeness (QED) is 0.622. The summed E-state index contributed by atoms with van der Waals surface area (Å²) in [5.74, 6) is 0.449. The third-order valence-electron chi connectivity index (χ3n) is 3.25. The molecule has 4 heteroatoms. The summed E-state index contributed by atoms with van der Waals surface area (Å²) in [4.78, 5) is 4.15. The second-order valence-electron chi connectivity index (χ2n) is 5.06. The van der Waals surface area contributed by atoms with E-state index in [0.29, 0.717) is 19.1 Å². The fraction of sp³-hybridized carbons (Fsp3) is 0.278. The van der Waals surface area contributed by atoms with Crippen LogP contribution in [0, 0.1) is 0 Å². The number of aliphatic hydroxyl groups is 1. The Kier molecular flexibility index (Phi) is 6.59. The number of hydrogen-bond donors (Lipinski definition) is 1. The number of nitrogens with zero attached hydrogens (tertiary/aromatic N) is 1. The standard InChI is InChI=1S/C18H20ClNO2/c1-14(13-22-8-7-21)9-15-4-5-16(10-18(15)11-19)17-3-2-6-20-12-17/h2-6,9-10,12,21H,7-8,11,13H2,1H3. The zero-order chi connectivity index (χ0) is 15.8. The molecule has 2 aromatic rings. The minimum Gasteiger partial charge on any atom is -0.394 e. The van der Waals surface area contributed by atoms with Crippen LogP contribution < -0.4 is 0 Å². The van der Waals surface area contributed by atoms with Crippen molar-refractivity contribution in [2.45, 2.75) is 12.8 Å². The highest BCUT2D eigenvalue weighted by Gasteiger charge is 2.04. The maximum Gasteiger partial charge on any atom is 0.0702 e. The zero-order valence-electron chi connectivity index (χ0n) is 12.6. The molecule has 0 radical (unpaired) electrons. The Hall–Kier alpha value is -1.68. The lowest BCUT2D eigenvalue weighted by Gasteiger charge is -2.09. The number of benzene rings is 1. The molecule has 0 unspecified atom stereocenters. The Balaban J connectivity index is 2.21. The Morgan fingerprint density at radius 2 is 2.18 bits per heavy atom. The monoisotopic (exact) mass is 317 g/mol. The summed E-state index contributed by atoms with van der Waals surface area (Å²) in [6, 6.07) is 10.2. The summed E-state index contributed by atoms with van der Waals surface area (Å²) in [5, 5.41) is 8.72. The van der Waals surface area contributed by atoms with Crippen molar-refractivity contribution < 1.29 is 9.84 Å². The van der Waals surface area contributed by atoms with Crippen molar-refractivity contribution in [3.05, 3.63) is 59.4 Å². The van der Waals surface area contributed by atoms with E-state index in [2.05, 4.69) is 29.3 Å². The summed E-state index contributed by atoms with van der Waals surface area (Å²) < 4.78 is 5.32. The van der Waals surface area contributed by atoms with Crippen LogP contribution in [0.5, 0.6) is 0 Å². The Morgan fingerprint density at radius 1 is 1.32 bits per heavy atom. The maximum atomic E-state index is 8.72. The van der Waals surface area contributed by atoms with Crippen LogP contribution in [0.15, 0.2) is 48.3 Å². The fourth-order valence-electron chi connectivity index (χ4n) is 2.18. The lowest BCUT2D eigenvalue weighted by Crippen LogP contribution is -2.01. The molecule has 1 N–H and O–H groups in total. The van der Waals surface area contributed by atoms with E-state index in [0.717, 1.165) is 27.8 Å². The van der Waals surface area contributed by atoms with Gasteiger partial charge in [0.1, 0.15) is 0 Å². The van der Waals surface area contributed by atoms with Gasteiger partial charge < -0.3 is 9.84 Å². The summed E-state index contributed by atoms with van der Waals surface area (Å²) in [5.41, 5.74) is 5.44. The minimum absolute atomic E-state index is 0.0417. The van der Waals surface area contributed by atoms with Crippen LogP contribution in [0.25, 0.3) is 17.2 Å². The van der Waals surface area contributed by atoms with Gasteiger partial charge in [0.25, 0.3) is 0 Å². The molecule has 0 aliphatic carbocycles. The highest BCUT2D eigenvalue weighted by molar-refractivity contribution is 6.17. The minimum atomic E-state index is 0.0417. The van der Waals surface area contributed by atoms with Gasteiger partial charge in [-0.1, -0.05) is 24.3 Å². The predicted molar refractivity (Wildman–Crippen MR) is 90.8 cm³/mol. The van der Waals surface area contributed by atoms with Crippen LogP contribution in [0.3, 0.4) is 0 Å². The van der Waals surface area contributed by atoms with E-state index in [9.17, 15) is 0 Å². The Morgan fingerprint density at radius 3 is 2.86 bits per heavy atom. The van der Waals surface area contributed by atoms with Gasteiger partial charge in [0, 0.05) is 18.3 Å². The molecule has 1 aromatic carbocycles. The van der Waals surface area contributed by atoms with Crippen molar-refractivity contribution in [3.63, 3.8) is 0 Å². The molecule has 0 bridgehead atoms. The first-order valence-electron chi connectivity index (χ1n) is 7.19. The summed E-state index contributed by atoms with van der Waals surface area (Å²) in [7, 11) is 0. The normalized spacial score (nSPS) is 11.7. The lowest BCUT2D eigenvalue weighted by atomic mass is 9.99. The Bertz CT molecular complexity index is 626. The molecule has 0 atom stereocenters. The van der Waals surface area contributed by atoms with Gasteiger partial charge >= 0.3 is 0 Å². The van der Waals surface area contributed by atoms with Gasteiger partial charge in [-0.3, -0.25) is 4.98 Å². The smallest absolute Gasteiger partial charge is 0.0702 e. The van der Waals surface area contributed by atoms with E-state index in [1.807, 2.05) is 25.3 Å². The topological polar surface area (TPSA) is 42.4 Å². The fourth-order valence-corrected chi connectivity index (χ4v) is 2.41. The zero-order valence-corrected chi connectivity index (χ0v) is 13.4. The molecule has 0 amide bonds. The number of aromatic nitrogens is 1. The molecule has 0 saturated heterocycles. The van der Waals surface area contributed by atoms with Crippen molar-refractivity contribution in [2.24, 2.45) is 0 Å². The van der Waals surface area contributed by atoms with E-state index in [1.54, 1.807) is 6.20 Å². The van der Waals surface area contributed by atoms with Crippen molar-refractivity contribution >= 4 is 17.7 Å². The molecule has 0 aliphatic rings. The van der Waals surface area contributed by atoms with Crippen molar-refractivity contribution in [1.82, 2.24) is 4.98 Å². The van der Waals surface area contributed by atoms with Crippen LogP contribution in [0.4, 0.5) is 0 Å². The average Bonchev–Trinajstić information content (AvgIpc) is 2.56. The summed E-state index contributed by atoms with van der Waals surface area (Å²) >= 11 is 6.09. The van der Waals surface area contributed by atoms with E-state index in [-0.39, 0.29) is 6.61 Å². The number of hydrogen-bond acceptors (Lipinski definition) is 3. The highest BCUT2D eigenvalue weighted by atomic mass is 35.5. The molecule has 22 heavy (non-hydrogen) atoms. The molecule has 0 aliphatic heterocycles. The molecule has 116 valence electrons. The molecule has 0 spiro atoms. The molecule has 1 heterocycles. The molecule has 0 fully saturated rings. The Labute approximate surface area is 136 Å².